The van der Waals surface area contributed by atoms with Crippen LogP contribution >= 0.6 is 0 Å². The van der Waals surface area contributed by atoms with Gasteiger partial charge in [0, 0.05) is 31.9 Å². The average Bonchev–Trinajstić information content (AvgIpc) is 2.46. The quantitative estimate of drug-likeness (QED) is 0.857. The van der Waals surface area contributed by atoms with Crippen molar-refractivity contribution in [2.45, 2.75) is 32.4 Å². The maximum absolute atomic E-state index is 5.37. The molecule has 0 radical (unpaired) electrons. The standard InChI is InChI=1S/C13H21N3O2/c1-10(11-5-7-18-8-6-11)14-9-12-3-4-13(17-2)16-15-12/h3-4,10-11,14H,5-9H2,1-2H3. The molecule has 0 aliphatic carbocycles. The Balaban J connectivity index is 1.78. The second kappa shape index (κ2) is 6.66. The Morgan fingerprint density at radius 2 is 2.17 bits per heavy atom. The number of hydrogen-bond donors (Lipinski definition) is 1. The van der Waals surface area contributed by atoms with Gasteiger partial charge in [0.15, 0.2) is 0 Å². The van der Waals surface area contributed by atoms with Crippen LogP contribution in [0.4, 0.5) is 0 Å². The van der Waals surface area contributed by atoms with Crippen molar-refractivity contribution < 1.29 is 9.47 Å². The van der Waals surface area contributed by atoms with E-state index in [1.165, 1.54) is 0 Å². The molecule has 18 heavy (non-hydrogen) atoms. The van der Waals surface area contributed by atoms with Crippen LogP contribution in [0.25, 0.3) is 0 Å². The molecule has 0 bridgehead atoms. The van der Waals surface area contributed by atoms with Crippen LogP contribution in [0.3, 0.4) is 0 Å². The van der Waals surface area contributed by atoms with Gasteiger partial charge in [-0.1, -0.05) is 0 Å². The largest absolute Gasteiger partial charge is 0.480 e. The Morgan fingerprint density at radius 3 is 2.78 bits per heavy atom. The van der Waals surface area contributed by atoms with Crippen molar-refractivity contribution in [2.24, 2.45) is 5.92 Å². The molecule has 1 N–H and O–H groups in total. The van der Waals surface area contributed by atoms with Gasteiger partial charge >= 0.3 is 0 Å². The highest BCUT2D eigenvalue weighted by Gasteiger charge is 2.19. The highest BCUT2D eigenvalue weighted by molar-refractivity contribution is 5.11. The first-order chi connectivity index (χ1) is 8.79. The summed E-state index contributed by atoms with van der Waals surface area (Å²) >= 11 is 0. The third kappa shape index (κ3) is 3.65. The molecule has 5 nitrogen and oxygen atoms in total. The zero-order valence-electron chi connectivity index (χ0n) is 11.1. The van der Waals surface area contributed by atoms with Crippen LogP contribution in [0, 0.1) is 5.92 Å². The molecule has 0 saturated carbocycles. The monoisotopic (exact) mass is 251 g/mol. The van der Waals surface area contributed by atoms with Crippen LogP contribution in [-0.2, 0) is 11.3 Å². The summed E-state index contributed by atoms with van der Waals surface area (Å²) in [5.74, 6) is 1.25. The zero-order chi connectivity index (χ0) is 12.8. The van der Waals surface area contributed by atoms with Gasteiger partial charge in [0.25, 0.3) is 0 Å². The Labute approximate surface area is 108 Å². The van der Waals surface area contributed by atoms with Gasteiger partial charge in [0.1, 0.15) is 0 Å². The van der Waals surface area contributed by atoms with E-state index in [0.717, 1.165) is 38.3 Å². The summed E-state index contributed by atoms with van der Waals surface area (Å²) in [6, 6.07) is 4.26. The smallest absolute Gasteiger partial charge is 0.233 e. The van der Waals surface area contributed by atoms with E-state index in [2.05, 4.69) is 22.4 Å². The molecule has 1 aromatic rings. The highest BCUT2D eigenvalue weighted by Crippen LogP contribution is 2.18. The van der Waals surface area contributed by atoms with E-state index in [0.29, 0.717) is 17.8 Å². The van der Waals surface area contributed by atoms with Crippen LogP contribution in [0.2, 0.25) is 0 Å². The third-order valence-electron chi connectivity index (χ3n) is 3.48. The fourth-order valence-electron chi connectivity index (χ4n) is 2.20. The van der Waals surface area contributed by atoms with Crippen molar-refractivity contribution in [3.8, 4) is 5.88 Å². The summed E-state index contributed by atoms with van der Waals surface area (Å²) in [7, 11) is 1.59. The lowest BCUT2D eigenvalue weighted by atomic mass is 9.93. The van der Waals surface area contributed by atoms with Gasteiger partial charge in [0.05, 0.1) is 12.8 Å². The minimum Gasteiger partial charge on any atom is -0.480 e. The number of nitrogens with zero attached hydrogens (tertiary/aromatic N) is 2. The number of aromatic nitrogens is 2. The molecule has 2 heterocycles. The molecule has 100 valence electrons. The molecular formula is C13H21N3O2. The molecule has 2 rings (SSSR count). The van der Waals surface area contributed by atoms with Gasteiger partial charge in [-0.25, -0.2) is 0 Å². The van der Waals surface area contributed by atoms with Crippen LogP contribution < -0.4 is 10.1 Å². The van der Waals surface area contributed by atoms with Crippen molar-refractivity contribution >= 4 is 0 Å². The SMILES string of the molecule is COc1ccc(CNC(C)C2CCOCC2)nn1. The Hall–Kier alpha value is -1.20. The fraction of sp³-hybridized carbons (Fsp3) is 0.692. The van der Waals surface area contributed by atoms with E-state index in [1.807, 2.05) is 12.1 Å². The van der Waals surface area contributed by atoms with E-state index >= 15 is 0 Å². The molecule has 1 unspecified atom stereocenters. The molecule has 0 aromatic carbocycles. The van der Waals surface area contributed by atoms with Crippen LogP contribution in [-0.4, -0.2) is 36.6 Å². The van der Waals surface area contributed by atoms with Gasteiger partial charge in [-0.2, -0.15) is 5.10 Å². The summed E-state index contributed by atoms with van der Waals surface area (Å²) < 4.78 is 10.4. The normalized spacial score (nSPS) is 18.6. The first-order valence-corrected chi connectivity index (χ1v) is 6.47. The van der Waals surface area contributed by atoms with E-state index in [9.17, 15) is 0 Å². The highest BCUT2D eigenvalue weighted by atomic mass is 16.5. The first-order valence-electron chi connectivity index (χ1n) is 6.47. The molecule has 1 atom stereocenters. The summed E-state index contributed by atoms with van der Waals surface area (Å²) in [4.78, 5) is 0. The lowest BCUT2D eigenvalue weighted by Gasteiger charge is -2.28. The van der Waals surface area contributed by atoms with E-state index in [-0.39, 0.29) is 0 Å². The average molecular weight is 251 g/mol. The van der Waals surface area contributed by atoms with Gasteiger partial charge in [-0.15, -0.1) is 5.10 Å². The van der Waals surface area contributed by atoms with Gasteiger partial charge in [-0.3, -0.25) is 0 Å². The molecular weight excluding hydrogens is 230 g/mol. The van der Waals surface area contributed by atoms with Crippen LogP contribution in [0.15, 0.2) is 12.1 Å². The minimum atomic E-state index is 0.484. The van der Waals surface area contributed by atoms with Gasteiger partial charge < -0.3 is 14.8 Å². The van der Waals surface area contributed by atoms with E-state index in [1.54, 1.807) is 7.11 Å². The maximum atomic E-state index is 5.37. The number of ether oxygens (including phenoxy) is 2. The van der Waals surface area contributed by atoms with Crippen molar-refractivity contribution in [1.29, 1.82) is 0 Å². The van der Waals surface area contributed by atoms with Gasteiger partial charge in [-0.05, 0) is 31.7 Å². The third-order valence-corrected chi connectivity index (χ3v) is 3.48. The lowest BCUT2D eigenvalue weighted by Crippen LogP contribution is -2.36. The molecule has 0 spiro atoms. The molecule has 1 fully saturated rings. The van der Waals surface area contributed by atoms with E-state index < -0.39 is 0 Å². The molecule has 5 heteroatoms. The van der Waals surface area contributed by atoms with Gasteiger partial charge in [0.2, 0.25) is 5.88 Å². The molecule has 1 aliphatic heterocycles. The summed E-state index contributed by atoms with van der Waals surface area (Å²) in [5.41, 5.74) is 0.940. The second-order valence-electron chi connectivity index (χ2n) is 4.69. The Morgan fingerprint density at radius 1 is 1.39 bits per heavy atom. The maximum Gasteiger partial charge on any atom is 0.233 e. The van der Waals surface area contributed by atoms with Crippen LogP contribution in [0.5, 0.6) is 5.88 Å². The number of rotatable bonds is 5. The number of nitrogens with one attached hydrogen (secondary N) is 1. The Bertz CT molecular complexity index is 350. The van der Waals surface area contributed by atoms with Crippen molar-refractivity contribution in [3.63, 3.8) is 0 Å². The summed E-state index contributed by atoms with van der Waals surface area (Å²) in [6.07, 6.45) is 2.28. The zero-order valence-corrected chi connectivity index (χ0v) is 11.1. The predicted octanol–water partition coefficient (Wildman–Crippen LogP) is 1.39. The van der Waals surface area contributed by atoms with Crippen molar-refractivity contribution in [2.75, 3.05) is 20.3 Å². The lowest BCUT2D eigenvalue weighted by molar-refractivity contribution is 0.0557. The topological polar surface area (TPSA) is 56.3 Å². The first kappa shape index (κ1) is 13.2. The van der Waals surface area contributed by atoms with Crippen LogP contribution in [0.1, 0.15) is 25.5 Å². The molecule has 1 aliphatic rings. The summed E-state index contributed by atoms with van der Waals surface area (Å²) in [5, 5.41) is 11.6. The van der Waals surface area contributed by atoms with Crippen molar-refractivity contribution in [1.82, 2.24) is 15.5 Å². The van der Waals surface area contributed by atoms with Crippen molar-refractivity contribution in [3.05, 3.63) is 17.8 Å². The molecule has 1 saturated heterocycles. The number of methoxy groups -OCH3 is 1. The molecule has 0 amide bonds. The fourth-order valence-corrected chi connectivity index (χ4v) is 2.20. The van der Waals surface area contributed by atoms with E-state index in [4.69, 9.17) is 9.47 Å². The number of hydrogen-bond acceptors (Lipinski definition) is 5. The summed E-state index contributed by atoms with van der Waals surface area (Å²) in [6.45, 7) is 4.75. The minimum absolute atomic E-state index is 0.484. The predicted molar refractivity (Wildman–Crippen MR) is 68.4 cm³/mol. The Kier molecular flexibility index (Phi) is 4.90. The molecule has 1 aromatic heterocycles. The second-order valence-corrected chi connectivity index (χ2v) is 4.69.